The summed E-state index contributed by atoms with van der Waals surface area (Å²) in [6.45, 7) is 4.65. The molecule has 3 aromatic rings. The fourth-order valence-electron chi connectivity index (χ4n) is 2.13. The first kappa shape index (κ1) is 13.7. The van der Waals surface area contributed by atoms with Crippen molar-refractivity contribution in [1.29, 1.82) is 0 Å². The second-order valence-corrected chi connectivity index (χ2v) is 5.84. The van der Waals surface area contributed by atoms with Crippen LogP contribution < -0.4 is 5.32 Å². The molecule has 110 valence electrons. The van der Waals surface area contributed by atoms with Crippen molar-refractivity contribution in [2.75, 3.05) is 0 Å². The van der Waals surface area contributed by atoms with Gasteiger partial charge in [0.1, 0.15) is 17.4 Å². The van der Waals surface area contributed by atoms with E-state index in [1.165, 1.54) is 11.3 Å². The third-order valence-corrected chi connectivity index (χ3v) is 3.93. The number of fused-ring (bicyclic) bond motifs is 1. The van der Waals surface area contributed by atoms with Gasteiger partial charge >= 0.3 is 0 Å². The van der Waals surface area contributed by atoms with Gasteiger partial charge in [0, 0.05) is 18.8 Å². The number of carbonyl (C=O) groups is 1. The molecule has 21 heavy (non-hydrogen) atoms. The van der Waals surface area contributed by atoms with Crippen LogP contribution in [0.5, 0.6) is 0 Å². The molecular formula is C13H16N6OS. The smallest absolute Gasteiger partial charge is 0.240 e. The van der Waals surface area contributed by atoms with E-state index >= 15 is 0 Å². The lowest BCUT2D eigenvalue weighted by Crippen LogP contribution is -2.27. The molecule has 8 heteroatoms. The van der Waals surface area contributed by atoms with Gasteiger partial charge in [0.2, 0.25) is 10.9 Å². The number of imidazole rings is 2. The first-order chi connectivity index (χ1) is 10.2. The quantitative estimate of drug-likeness (QED) is 0.767. The minimum Gasteiger partial charge on any atom is -0.349 e. The van der Waals surface area contributed by atoms with E-state index in [0.29, 0.717) is 6.54 Å². The number of nitrogens with one attached hydrogen (secondary N) is 1. The largest absolute Gasteiger partial charge is 0.349 e. The van der Waals surface area contributed by atoms with Crippen molar-refractivity contribution < 1.29 is 4.79 Å². The first-order valence-corrected chi connectivity index (χ1v) is 7.55. The predicted octanol–water partition coefficient (Wildman–Crippen LogP) is 1.17. The summed E-state index contributed by atoms with van der Waals surface area (Å²) in [6, 6.07) is 0. The molecule has 0 bridgehead atoms. The molecule has 0 radical (unpaired) electrons. The Hall–Kier alpha value is -2.22. The molecule has 0 unspecified atom stereocenters. The molecule has 3 rings (SSSR count). The van der Waals surface area contributed by atoms with Crippen molar-refractivity contribution in [1.82, 2.24) is 29.5 Å². The van der Waals surface area contributed by atoms with E-state index < -0.39 is 0 Å². The fraction of sp³-hybridized carbons (Fsp3) is 0.385. The van der Waals surface area contributed by atoms with Gasteiger partial charge in [-0.3, -0.25) is 4.79 Å². The molecule has 7 nitrogen and oxygen atoms in total. The lowest BCUT2D eigenvalue weighted by Gasteiger charge is -2.06. The third kappa shape index (κ3) is 2.94. The average Bonchev–Trinajstić information content (AvgIpc) is 3.10. The van der Waals surface area contributed by atoms with E-state index in [4.69, 9.17) is 0 Å². The van der Waals surface area contributed by atoms with E-state index in [1.54, 1.807) is 10.7 Å². The topological polar surface area (TPSA) is 77.1 Å². The van der Waals surface area contributed by atoms with Gasteiger partial charge in [-0.15, -0.1) is 0 Å². The van der Waals surface area contributed by atoms with Gasteiger partial charge in [0.05, 0.1) is 18.4 Å². The summed E-state index contributed by atoms with van der Waals surface area (Å²) in [5, 5.41) is 8.13. The molecule has 0 fully saturated rings. The van der Waals surface area contributed by atoms with Gasteiger partial charge < -0.3 is 9.88 Å². The SMILES string of the molecule is CCc1nccn1CC(=O)NCc1cn2nc(C)sc2n1. The van der Waals surface area contributed by atoms with Crippen LogP contribution in [0.15, 0.2) is 18.6 Å². The molecular weight excluding hydrogens is 288 g/mol. The monoisotopic (exact) mass is 304 g/mol. The fourth-order valence-corrected chi connectivity index (χ4v) is 2.87. The lowest BCUT2D eigenvalue weighted by atomic mass is 10.4. The van der Waals surface area contributed by atoms with Crippen LogP contribution in [-0.4, -0.2) is 30.1 Å². The van der Waals surface area contributed by atoms with Crippen LogP contribution in [0.1, 0.15) is 23.4 Å². The molecule has 0 aliphatic heterocycles. The summed E-state index contributed by atoms with van der Waals surface area (Å²) < 4.78 is 3.60. The first-order valence-electron chi connectivity index (χ1n) is 6.74. The molecule has 0 spiro atoms. The van der Waals surface area contributed by atoms with E-state index in [9.17, 15) is 4.79 Å². The predicted molar refractivity (Wildman–Crippen MR) is 79.1 cm³/mol. The number of amides is 1. The highest BCUT2D eigenvalue weighted by molar-refractivity contribution is 7.16. The highest BCUT2D eigenvalue weighted by Crippen LogP contribution is 2.13. The van der Waals surface area contributed by atoms with Crippen LogP contribution in [0.3, 0.4) is 0 Å². The zero-order chi connectivity index (χ0) is 14.8. The van der Waals surface area contributed by atoms with Crippen LogP contribution in [-0.2, 0) is 24.3 Å². The van der Waals surface area contributed by atoms with Gasteiger partial charge in [-0.2, -0.15) is 5.10 Å². The Morgan fingerprint density at radius 2 is 2.33 bits per heavy atom. The standard InChI is InChI=1S/C13H16N6OS/c1-3-11-14-4-5-18(11)8-12(20)15-6-10-7-19-13(16-10)21-9(2)17-19/h4-5,7H,3,6,8H2,1-2H3,(H,15,20). The Labute approximate surface area is 125 Å². The summed E-state index contributed by atoms with van der Waals surface area (Å²) >= 11 is 1.53. The Balaban J connectivity index is 1.59. The molecule has 0 aliphatic carbocycles. The molecule has 3 aromatic heterocycles. The summed E-state index contributed by atoms with van der Waals surface area (Å²) in [6.07, 6.45) is 6.18. The highest BCUT2D eigenvalue weighted by Gasteiger charge is 2.09. The van der Waals surface area contributed by atoms with Crippen molar-refractivity contribution in [2.45, 2.75) is 33.4 Å². The summed E-state index contributed by atoms with van der Waals surface area (Å²) in [7, 11) is 0. The van der Waals surface area contributed by atoms with Crippen molar-refractivity contribution in [2.24, 2.45) is 0 Å². The van der Waals surface area contributed by atoms with Crippen LogP contribution in [0.2, 0.25) is 0 Å². The summed E-state index contributed by atoms with van der Waals surface area (Å²) in [5.74, 6) is 0.857. The molecule has 0 aromatic carbocycles. The molecule has 0 atom stereocenters. The number of hydrogen-bond acceptors (Lipinski definition) is 5. The average molecular weight is 304 g/mol. The number of aryl methyl sites for hydroxylation is 2. The van der Waals surface area contributed by atoms with Gasteiger partial charge in [0.15, 0.2) is 0 Å². The van der Waals surface area contributed by atoms with Gasteiger partial charge in [-0.05, 0) is 6.92 Å². The third-order valence-electron chi connectivity index (χ3n) is 3.09. The van der Waals surface area contributed by atoms with Gasteiger partial charge in [0.25, 0.3) is 0 Å². The lowest BCUT2D eigenvalue weighted by molar-refractivity contribution is -0.121. The maximum atomic E-state index is 12.0. The van der Waals surface area contributed by atoms with Crippen molar-refractivity contribution in [3.63, 3.8) is 0 Å². The van der Waals surface area contributed by atoms with E-state index in [1.807, 2.05) is 30.8 Å². The highest BCUT2D eigenvalue weighted by atomic mass is 32.1. The number of rotatable bonds is 5. The van der Waals surface area contributed by atoms with Crippen LogP contribution >= 0.6 is 11.3 Å². The van der Waals surface area contributed by atoms with Crippen LogP contribution in [0.4, 0.5) is 0 Å². The zero-order valence-electron chi connectivity index (χ0n) is 11.9. The maximum absolute atomic E-state index is 12.0. The summed E-state index contributed by atoms with van der Waals surface area (Å²) in [5.41, 5.74) is 0.809. The number of carbonyl (C=O) groups excluding carboxylic acids is 1. The molecule has 3 heterocycles. The van der Waals surface area contributed by atoms with E-state index in [0.717, 1.165) is 27.9 Å². The maximum Gasteiger partial charge on any atom is 0.240 e. The zero-order valence-corrected chi connectivity index (χ0v) is 12.7. The normalized spacial score (nSPS) is 11.1. The summed E-state index contributed by atoms with van der Waals surface area (Å²) in [4.78, 5) is 21.4. The molecule has 1 N–H and O–H groups in total. The Kier molecular flexibility index (Phi) is 3.70. The van der Waals surface area contributed by atoms with Gasteiger partial charge in [-0.25, -0.2) is 14.5 Å². The van der Waals surface area contributed by atoms with Crippen molar-refractivity contribution in [3.8, 4) is 0 Å². The van der Waals surface area contributed by atoms with Gasteiger partial charge in [-0.1, -0.05) is 18.3 Å². The Morgan fingerprint density at radius 1 is 1.48 bits per heavy atom. The number of aromatic nitrogens is 5. The molecule has 0 saturated heterocycles. The molecule has 0 saturated carbocycles. The van der Waals surface area contributed by atoms with Crippen molar-refractivity contribution in [3.05, 3.63) is 35.1 Å². The molecule has 0 aliphatic rings. The van der Waals surface area contributed by atoms with Crippen LogP contribution in [0.25, 0.3) is 4.96 Å². The van der Waals surface area contributed by atoms with E-state index in [-0.39, 0.29) is 12.5 Å². The Bertz CT molecular complexity index is 739. The second kappa shape index (κ2) is 5.65. The Morgan fingerprint density at radius 3 is 3.10 bits per heavy atom. The van der Waals surface area contributed by atoms with Crippen LogP contribution in [0, 0.1) is 6.92 Å². The second-order valence-electron chi connectivity index (χ2n) is 4.68. The minimum atomic E-state index is -0.0526. The molecule has 1 amide bonds. The minimum absolute atomic E-state index is 0.0526. The number of hydrogen-bond donors (Lipinski definition) is 1. The van der Waals surface area contributed by atoms with E-state index in [2.05, 4.69) is 20.4 Å². The number of nitrogens with zero attached hydrogens (tertiary/aromatic N) is 5. The van der Waals surface area contributed by atoms with Crippen molar-refractivity contribution >= 4 is 22.2 Å².